The fourth-order valence-corrected chi connectivity index (χ4v) is 1.95. The lowest BCUT2D eigenvalue weighted by Gasteiger charge is -2.14. The summed E-state index contributed by atoms with van der Waals surface area (Å²) in [7, 11) is 0. The fourth-order valence-electron chi connectivity index (χ4n) is 1.95. The van der Waals surface area contributed by atoms with Gasteiger partial charge in [-0.2, -0.15) is 0 Å². The van der Waals surface area contributed by atoms with E-state index < -0.39 is 0 Å². The van der Waals surface area contributed by atoms with Gasteiger partial charge in [-0.25, -0.2) is 0 Å². The Bertz CT molecular complexity index is 355. The summed E-state index contributed by atoms with van der Waals surface area (Å²) in [6.07, 6.45) is 2.16. The van der Waals surface area contributed by atoms with Crippen molar-refractivity contribution >= 4 is 5.97 Å². The van der Waals surface area contributed by atoms with Gasteiger partial charge in [0.25, 0.3) is 0 Å². The molecule has 0 aliphatic carbocycles. The molecule has 0 spiro atoms. The second-order valence-corrected chi connectivity index (χ2v) is 4.40. The highest BCUT2D eigenvalue weighted by atomic mass is 16.6. The molecule has 0 N–H and O–H groups in total. The van der Waals surface area contributed by atoms with Crippen molar-refractivity contribution in [3.8, 4) is 0 Å². The van der Waals surface area contributed by atoms with E-state index in [1.807, 2.05) is 37.3 Å². The Morgan fingerprint density at radius 3 is 2.88 bits per heavy atom. The topological polar surface area (TPSA) is 35.5 Å². The van der Waals surface area contributed by atoms with Crippen LogP contribution in [0.1, 0.15) is 31.2 Å². The Balaban J connectivity index is 1.83. The normalized spacial score (nSPS) is 21.1. The molecule has 2 rings (SSSR count). The van der Waals surface area contributed by atoms with Gasteiger partial charge in [-0.05, 0) is 25.3 Å². The lowest BCUT2D eigenvalue weighted by atomic mass is 10.0. The van der Waals surface area contributed by atoms with E-state index in [2.05, 4.69) is 0 Å². The van der Waals surface area contributed by atoms with Gasteiger partial charge in [-0.1, -0.05) is 30.3 Å². The Kier molecular flexibility index (Phi) is 4.15. The van der Waals surface area contributed by atoms with Crippen LogP contribution in [0.4, 0.5) is 0 Å². The van der Waals surface area contributed by atoms with Crippen molar-refractivity contribution in [1.29, 1.82) is 0 Å². The van der Waals surface area contributed by atoms with E-state index in [0.717, 1.165) is 25.0 Å². The van der Waals surface area contributed by atoms with Crippen molar-refractivity contribution < 1.29 is 14.3 Å². The van der Waals surface area contributed by atoms with Crippen LogP contribution in [-0.2, 0) is 14.3 Å². The molecule has 1 aromatic rings. The summed E-state index contributed by atoms with van der Waals surface area (Å²) in [6.45, 7) is 3.04. The maximum Gasteiger partial charge on any atom is 0.313 e. The average Bonchev–Trinajstić information content (AvgIpc) is 2.89. The van der Waals surface area contributed by atoms with Gasteiger partial charge in [0.2, 0.25) is 0 Å². The molecular formula is C14H18O3. The monoisotopic (exact) mass is 234 g/mol. The van der Waals surface area contributed by atoms with Gasteiger partial charge in [0.05, 0.1) is 12.0 Å². The first-order valence-corrected chi connectivity index (χ1v) is 6.10. The summed E-state index contributed by atoms with van der Waals surface area (Å²) in [6, 6.07) is 9.68. The number of hydrogen-bond acceptors (Lipinski definition) is 3. The fraction of sp³-hybridized carbons (Fsp3) is 0.500. The maximum absolute atomic E-state index is 11.8. The van der Waals surface area contributed by atoms with Gasteiger partial charge >= 0.3 is 5.97 Å². The SMILES string of the molecule is CC(C(=O)OCC1CCCO1)c1ccccc1. The summed E-state index contributed by atoms with van der Waals surface area (Å²) >= 11 is 0. The van der Waals surface area contributed by atoms with Gasteiger partial charge in [-0.15, -0.1) is 0 Å². The van der Waals surface area contributed by atoms with Gasteiger partial charge in [0, 0.05) is 6.61 Å². The minimum Gasteiger partial charge on any atom is -0.462 e. The van der Waals surface area contributed by atoms with Crippen LogP contribution in [0.25, 0.3) is 0 Å². The van der Waals surface area contributed by atoms with E-state index in [0.29, 0.717) is 6.61 Å². The van der Waals surface area contributed by atoms with Crippen LogP contribution < -0.4 is 0 Å². The summed E-state index contributed by atoms with van der Waals surface area (Å²) < 4.78 is 10.7. The number of rotatable bonds is 4. The number of benzene rings is 1. The predicted molar refractivity (Wildman–Crippen MR) is 64.8 cm³/mol. The Morgan fingerprint density at radius 1 is 1.47 bits per heavy atom. The highest BCUT2D eigenvalue weighted by Gasteiger charge is 2.21. The second-order valence-electron chi connectivity index (χ2n) is 4.40. The zero-order valence-electron chi connectivity index (χ0n) is 10.1. The zero-order valence-corrected chi connectivity index (χ0v) is 10.1. The molecule has 0 radical (unpaired) electrons. The van der Waals surface area contributed by atoms with E-state index in [9.17, 15) is 4.79 Å². The van der Waals surface area contributed by atoms with Gasteiger partial charge in [0.1, 0.15) is 6.61 Å². The zero-order chi connectivity index (χ0) is 12.1. The van der Waals surface area contributed by atoms with Crippen LogP contribution in [-0.4, -0.2) is 25.3 Å². The molecule has 3 heteroatoms. The van der Waals surface area contributed by atoms with Gasteiger partial charge < -0.3 is 9.47 Å². The summed E-state index contributed by atoms with van der Waals surface area (Å²) in [5, 5.41) is 0. The molecule has 0 amide bonds. The highest BCUT2D eigenvalue weighted by molar-refractivity contribution is 5.77. The van der Waals surface area contributed by atoms with Crippen molar-refractivity contribution in [1.82, 2.24) is 0 Å². The average molecular weight is 234 g/mol. The molecule has 2 unspecified atom stereocenters. The van der Waals surface area contributed by atoms with Crippen molar-refractivity contribution in [3.05, 3.63) is 35.9 Å². The van der Waals surface area contributed by atoms with Crippen molar-refractivity contribution in [2.75, 3.05) is 13.2 Å². The number of ether oxygens (including phenoxy) is 2. The third-order valence-electron chi connectivity index (χ3n) is 3.09. The second kappa shape index (κ2) is 5.82. The quantitative estimate of drug-likeness (QED) is 0.751. The molecule has 1 saturated heterocycles. The summed E-state index contributed by atoms with van der Waals surface area (Å²) in [5.41, 5.74) is 0.991. The standard InChI is InChI=1S/C14H18O3/c1-11(12-6-3-2-4-7-12)14(15)17-10-13-8-5-9-16-13/h2-4,6-7,11,13H,5,8-10H2,1H3. The molecule has 92 valence electrons. The molecule has 0 saturated carbocycles. The number of carbonyl (C=O) groups excluding carboxylic acids is 1. The molecule has 0 bridgehead atoms. The van der Waals surface area contributed by atoms with Crippen LogP contribution in [0.2, 0.25) is 0 Å². The third kappa shape index (κ3) is 3.30. The molecule has 1 fully saturated rings. The highest BCUT2D eigenvalue weighted by Crippen LogP contribution is 2.18. The van der Waals surface area contributed by atoms with Crippen LogP contribution >= 0.6 is 0 Å². The van der Waals surface area contributed by atoms with E-state index in [-0.39, 0.29) is 18.0 Å². The molecule has 2 atom stereocenters. The predicted octanol–water partition coefficient (Wildman–Crippen LogP) is 2.51. The third-order valence-corrected chi connectivity index (χ3v) is 3.09. The van der Waals surface area contributed by atoms with Crippen molar-refractivity contribution in [3.63, 3.8) is 0 Å². The molecule has 3 nitrogen and oxygen atoms in total. The number of carbonyl (C=O) groups is 1. The van der Waals surface area contributed by atoms with E-state index in [1.54, 1.807) is 0 Å². The first kappa shape index (κ1) is 12.1. The van der Waals surface area contributed by atoms with Gasteiger partial charge in [0.15, 0.2) is 0 Å². The van der Waals surface area contributed by atoms with Crippen LogP contribution in [0.3, 0.4) is 0 Å². The Morgan fingerprint density at radius 2 is 2.24 bits per heavy atom. The number of hydrogen-bond donors (Lipinski definition) is 0. The van der Waals surface area contributed by atoms with Crippen LogP contribution in [0.15, 0.2) is 30.3 Å². The Hall–Kier alpha value is -1.35. The molecule has 0 aromatic heterocycles. The molecule has 1 aliphatic rings. The lowest BCUT2D eigenvalue weighted by molar-refractivity contribution is -0.148. The van der Waals surface area contributed by atoms with E-state index in [4.69, 9.17) is 9.47 Å². The summed E-state index contributed by atoms with van der Waals surface area (Å²) in [5.74, 6) is -0.385. The first-order valence-electron chi connectivity index (χ1n) is 6.10. The van der Waals surface area contributed by atoms with E-state index in [1.165, 1.54) is 0 Å². The molecule has 1 heterocycles. The molecule has 1 aliphatic heterocycles. The Labute approximate surface area is 102 Å². The number of esters is 1. The van der Waals surface area contributed by atoms with Gasteiger partial charge in [-0.3, -0.25) is 4.79 Å². The molecule has 17 heavy (non-hydrogen) atoms. The minimum atomic E-state index is -0.211. The largest absolute Gasteiger partial charge is 0.462 e. The van der Waals surface area contributed by atoms with Crippen molar-refractivity contribution in [2.45, 2.75) is 31.8 Å². The molecular weight excluding hydrogens is 216 g/mol. The van der Waals surface area contributed by atoms with E-state index >= 15 is 0 Å². The molecule has 1 aromatic carbocycles. The minimum absolute atomic E-state index is 0.0990. The summed E-state index contributed by atoms with van der Waals surface area (Å²) in [4.78, 5) is 11.8. The first-order chi connectivity index (χ1) is 8.27. The van der Waals surface area contributed by atoms with Crippen LogP contribution in [0.5, 0.6) is 0 Å². The van der Waals surface area contributed by atoms with Crippen LogP contribution in [0, 0.1) is 0 Å². The van der Waals surface area contributed by atoms with Crippen molar-refractivity contribution in [2.24, 2.45) is 0 Å². The lowest BCUT2D eigenvalue weighted by Crippen LogP contribution is -2.21. The maximum atomic E-state index is 11.8. The smallest absolute Gasteiger partial charge is 0.313 e.